The van der Waals surface area contributed by atoms with Crippen molar-refractivity contribution in [2.24, 2.45) is 5.41 Å². The molecule has 0 saturated heterocycles. The molecule has 1 aromatic heterocycles. The van der Waals surface area contributed by atoms with Crippen molar-refractivity contribution in [3.05, 3.63) is 28.5 Å². The van der Waals surface area contributed by atoms with Gasteiger partial charge in [-0.3, -0.25) is 4.98 Å². The molecule has 0 spiro atoms. The minimum atomic E-state index is 0.322. The molecule has 94 valence electrons. The molecule has 3 heteroatoms. The van der Waals surface area contributed by atoms with E-state index in [2.05, 4.69) is 52.2 Å². The lowest BCUT2D eigenvalue weighted by Crippen LogP contribution is -2.25. The number of aromatic nitrogens is 1. The summed E-state index contributed by atoms with van der Waals surface area (Å²) < 4.78 is 1.05. The van der Waals surface area contributed by atoms with Crippen molar-refractivity contribution in [3.63, 3.8) is 0 Å². The molecule has 1 aromatic rings. The van der Waals surface area contributed by atoms with Gasteiger partial charge < -0.3 is 5.32 Å². The Morgan fingerprint density at radius 3 is 2.76 bits per heavy atom. The summed E-state index contributed by atoms with van der Waals surface area (Å²) in [6, 6.07) is 5.00. The van der Waals surface area contributed by atoms with E-state index in [0.29, 0.717) is 5.41 Å². The second-order valence-corrected chi connectivity index (χ2v) is 6.70. The van der Waals surface area contributed by atoms with Crippen LogP contribution < -0.4 is 5.32 Å². The molecule has 0 bridgehead atoms. The molecule has 17 heavy (non-hydrogen) atoms. The summed E-state index contributed by atoms with van der Waals surface area (Å²) in [5.41, 5.74) is 1.51. The largest absolute Gasteiger partial charge is 0.314 e. The van der Waals surface area contributed by atoms with Crippen LogP contribution in [-0.4, -0.2) is 17.6 Å². The molecular formula is C14H21BrN2. The first kappa shape index (κ1) is 13.0. The number of pyridine rings is 1. The van der Waals surface area contributed by atoms with Gasteiger partial charge in [0.15, 0.2) is 0 Å². The second kappa shape index (κ2) is 5.49. The lowest BCUT2D eigenvalue weighted by atomic mass is 9.84. The molecule has 2 nitrogen and oxygen atoms in total. The van der Waals surface area contributed by atoms with E-state index in [1.807, 2.05) is 6.20 Å². The third-order valence-corrected chi connectivity index (χ3v) is 3.73. The van der Waals surface area contributed by atoms with E-state index in [1.54, 1.807) is 0 Å². The maximum absolute atomic E-state index is 4.45. The van der Waals surface area contributed by atoms with Gasteiger partial charge in [0.05, 0.1) is 0 Å². The lowest BCUT2D eigenvalue weighted by molar-refractivity contribution is 0.322. The number of hydrogen-bond acceptors (Lipinski definition) is 2. The Labute approximate surface area is 112 Å². The van der Waals surface area contributed by atoms with Crippen LogP contribution in [0.1, 0.15) is 38.8 Å². The SMILES string of the molecule is CC(C)(CCNC1CC1)Cc1ccc(Br)cn1. The standard InChI is InChI=1S/C14H21BrN2/c1-14(2,7-8-16-12-5-6-12)9-13-4-3-11(15)10-17-13/h3-4,10,12,16H,5-9H2,1-2H3. The highest BCUT2D eigenvalue weighted by atomic mass is 79.9. The minimum absolute atomic E-state index is 0.322. The lowest BCUT2D eigenvalue weighted by Gasteiger charge is -2.24. The Kier molecular flexibility index (Phi) is 4.21. The van der Waals surface area contributed by atoms with E-state index < -0.39 is 0 Å². The summed E-state index contributed by atoms with van der Waals surface area (Å²) in [5.74, 6) is 0. The molecule has 1 aliphatic carbocycles. The van der Waals surface area contributed by atoms with Crippen LogP contribution in [0, 0.1) is 5.41 Å². The summed E-state index contributed by atoms with van der Waals surface area (Å²) in [5, 5.41) is 3.58. The van der Waals surface area contributed by atoms with E-state index >= 15 is 0 Å². The molecule has 1 N–H and O–H groups in total. The fraction of sp³-hybridized carbons (Fsp3) is 0.643. The molecule has 0 atom stereocenters. The normalized spacial score (nSPS) is 16.2. The zero-order valence-electron chi connectivity index (χ0n) is 10.7. The topological polar surface area (TPSA) is 24.9 Å². The van der Waals surface area contributed by atoms with Crippen LogP contribution in [0.2, 0.25) is 0 Å². The third-order valence-electron chi connectivity index (χ3n) is 3.26. The third kappa shape index (κ3) is 4.76. The molecule has 1 heterocycles. The Bertz CT molecular complexity index is 355. The van der Waals surface area contributed by atoms with Gasteiger partial charge in [-0.1, -0.05) is 13.8 Å². The van der Waals surface area contributed by atoms with Gasteiger partial charge in [0.25, 0.3) is 0 Å². The predicted octanol–water partition coefficient (Wildman–Crippen LogP) is 3.55. The van der Waals surface area contributed by atoms with Crippen molar-refractivity contribution in [2.45, 2.75) is 45.6 Å². The van der Waals surface area contributed by atoms with Crippen LogP contribution in [0.15, 0.2) is 22.8 Å². The molecular weight excluding hydrogens is 276 g/mol. The van der Waals surface area contributed by atoms with Gasteiger partial charge in [-0.05, 0) is 65.7 Å². The van der Waals surface area contributed by atoms with Crippen molar-refractivity contribution in [1.29, 1.82) is 0 Å². The molecule has 1 saturated carbocycles. The maximum atomic E-state index is 4.45. The first-order valence-corrected chi connectivity index (χ1v) is 7.18. The first-order valence-electron chi connectivity index (χ1n) is 6.39. The summed E-state index contributed by atoms with van der Waals surface area (Å²) in [6.07, 6.45) is 6.88. The van der Waals surface area contributed by atoms with E-state index in [1.165, 1.54) is 25.0 Å². The average Bonchev–Trinajstić information content (AvgIpc) is 3.05. The first-order chi connectivity index (χ1) is 8.05. The van der Waals surface area contributed by atoms with Gasteiger partial charge in [-0.15, -0.1) is 0 Å². The summed E-state index contributed by atoms with van der Waals surface area (Å²) in [4.78, 5) is 4.45. The van der Waals surface area contributed by atoms with E-state index in [4.69, 9.17) is 0 Å². The number of halogens is 1. The quantitative estimate of drug-likeness (QED) is 0.868. The summed E-state index contributed by atoms with van der Waals surface area (Å²) in [7, 11) is 0. The monoisotopic (exact) mass is 296 g/mol. The van der Waals surface area contributed by atoms with E-state index in [0.717, 1.165) is 23.5 Å². The second-order valence-electron chi connectivity index (χ2n) is 5.79. The minimum Gasteiger partial charge on any atom is -0.314 e. The van der Waals surface area contributed by atoms with E-state index in [-0.39, 0.29) is 0 Å². The number of nitrogens with one attached hydrogen (secondary N) is 1. The Hall–Kier alpha value is -0.410. The zero-order chi connectivity index (χ0) is 12.3. The average molecular weight is 297 g/mol. The molecule has 0 aliphatic heterocycles. The number of rotatable bonds is 6. The van der Waals surface area contributed by atoms with Gasteiger partial charge in [-0.2, -0.15) is 0 Å². The van der Waals surface area contributed by atoms with Crippen molar-refractivity contribution in [2.75, 3.05) is 6.54 Å². The van der Waals surface area contributed by atoms with Gasteiger partial charge in [0, 0.05) is 22.4 Å². The fourth-order valence-electron chi connectivity index (χ4n) is 1.99. The van der Waals surface area contributed by atoms with Crippen molar-refractivity contribution in [1.82, 2.24) is 10.3 Å². The molecule has 0 aromatic carbocycles. The summed E-state index contributed by atoms with van der Waals surface area (Å²) in [6.45, 7) is 5.78. The predicted molar refractivity (Wildman–Crippen MR) is 75.1 cm³/mol. The molecule has 0 unspecified atom stereocenters. The Morgan fingerprint density at radius 2 is 2.18 bits per heavy atom. The highest BCUT2D eigenvalue weighted by Gasteiger charge is 2.23. The van der Waals surface area contributed by atoms with Crippen LogP contribution >= 0.6 is 15.9 Å². The smallest absolute Gasteiger partial charge is 0.0413 e. The van der Waals surface area contributed by atoms with Crippen LogP contribution in [0.4, 0.5) is 0 Å². The Morgan fingerprint density at radius 1 is 1.41 bits per heavy atom. The zero-order valence-corrected chi connectivity index (χ0v) is 12.3. The molecule has 2 rings (SSSR count). The highest BCUT2D eigenvalue weighted by Crippen LogP contribution is 2.26. The van der Waals surface area contributed by atoms with Gasteiger partial charge in [-0.25, -0.2) is 0 Å². The Balaban J connectivity index is 1.79. The van der Waals surface area contributed by atoms with Crippen LogP contribution in [0.5, 0.6) is 0 Å². The van der Waals surface area contributed by atoms with Crippen LogP contribution in [-0.2, 0) is 6.42 Å². The number of nitrogens with zero attached hydrogens (tertiary/aromatic N) is 1. The number of hydrogen-bond donors (Lipinski definition) is 1. The van der Waals surface area contributed by atoms with Gasteiger partial charge in [0.2, 0.25) is 0 Å². The van der Waals surface area contributed by atoms with Crippen LogP contribution in [0.25, 0.3) is 0 Å². The van der Waals surface area contributed by atoms with Crippen LogP contribution in [0.3, 0.4) is 0 Å². The van der Waals surface area contributed by atoms with Crippen molar-refractivity contribution < 1.29 is 0 Å². The maximum Gasteiger partial charge on any atom is 0.0413 e. The molecule has 0 radical (unpaired) electrons. The van der Waals surface area contributed by atoms with Gasteiger partial charge in [0.1, 0.15) is 0 Å². The summed E-state index contributed by atoms with van der Waals surface area (Å²) >= 11 is 3.42. The molecule has 1 aliphatic rings. The van der Waals surface area contributed by atoms with E-state index in [9.17, 15) is 0 Å². The molecule has 1 fully saturated rings. The highest BCUT2D eigenvalue weighted by molar-refractivity contribution is 9.10. The van der Waals surface area contributed by atoms with Crippen molar-refractivity contribution >= 4 is 15.9 Å². The van der Waals surface area contributed by atoms with Crippen molar-refractivity contribution in [3.8, 4) is 0 Å². The fourth-order valence-corrected chi connectivity index (χ4v) is 2.23. The molecule has 0 amide bonds. The van der Waals surface area contributed by atoms with Gasteiger partial charge >= 0.3 is 0 Å².